The van der Waals surface area contributed by atoms with Crippen LogP contribution < -0.4 is 5.43 Å². The maximum absolute atomic E-state index is 11.6. The van der Waals surface area contributed by atoms with Gasteiger partial charge in [-0.15, -0.1) is 0 Å². The zero-order valence-electron chi connectivity index (χ0n) is 9.14. The van der Waals surface area contributed by atoms with Crippen LogP contribution in [0.15, 0.2) is 28.4 Å². The lowest BCUT2D eigenvalue weighted by atomic mass is 10.1. The Labute approximate surface area is 98.2 Å². The van der Waals surface area contributed by atoms with Crippen LogP contribution in [0.25, 0.3) is 0 Å². The Kier molecular flexibility index (Phi) is 3.24. The van der Waals surface area contributed by atoms with Gasteiger partial charge in [0.15, 0.2) is 6.29 Å². The van der Waals surface area contributed by atoms with Gasteiger partial charge in [-0.25, -0.2) is 5.01 Å². The molecule has 2 N–H and O–H groups in total. The van der Waals surface area contributed by atoms with Crippen LogP contribution in [0.1, 0.15) is 6.42 Å². The van der Waals surface area contributed by atoms with E-state index in [1.54, 1.807) is 5.01 Å². The predicted octanol–water partition coefficient (Wildman–Crippen LogP) is -0.163. The van der Waals surface area contributed by atoms with Gasteiger partial charge in [0.05, 0.1) is 11.3 Å². The Morgan fingerprint density at radius 2 is 2.24 bits per heavy atom. The molecule has 0 radical (unpaired) electrons. The number of hydrogen-bond acceptors (Lipinski definition) is 5. The number of nitrogens with one attached hydrogen (secondary N) is 2. The molecule has 88 valence electrons. The van der Waals surface area contributed by atoms with Gasteiger partial charge in [0, 0.05) is 31.1 Å². The quantitative estimate of drug-likeness (QED) is 0.227. The molecule has 0 spiro atoms. The lowest BCUT2D eigenvalue weighted by molar-refractivity contribution is -0.125. The Balaban J connectivity index is 1.98. The topological polar surface area (TPSA) is 85.6 Å². The van der Waals surface area contributed by atoms with Gasteiger partial charge in [-0.2, -0.15) is 0 Å². The molecule has 0 aliphatic carbocycles. The summed E-state index contributed by atoms with van der Waals surface area (Å²) in [5.74, 6) is -0.471. The van der Waals surface area contributed by atoms with Crippen molar-refractivity contribution >= 4 is 24.1 Å². The van der Waals surface area contributed by atoms with Crippen molar-refractivity contribution in [3.05, 3.63) is 23.4 Å². The Morgan fingerprint density at radius 3 is 2.65 bits per heavy atom. The highest BCUT2D eigenvalue weighted by molar-refractivity contribution is 6.26. The maximum atomic E-state index is 11.6. The Hall–Kier alpha value is -2.08. The SMILES string of the molecule is N=C(/C=C(\C=O)C(=O)NN1CCC1)C1=CN=C1. The highest BCUT2D eigenvalue weighted by Crippen LogP contribution is 2.07. The third kappa shape index (κ3) is 2.54. The number of rotatable bonds is 5. The van der Waals surface area contributed by atoms with E-state index in [1.807, 2.05) is 0 Å². The maximum Gasteiger partial charge on any atom is 0.268 e. The first kappa shape index (κ1) is 11.4. The molecule has 1 saturated heterocycles. The Morgan fingerprint density at radius 1 is 1.53 bits per heavy atom. The third-order valence-electron chi connectivity index (χ3n) is 2.54. The third-order valence-corrected chi connectivity index (χ3v) is 2.54. The molecule has 0 aromatic heterocycles. The lowest BCUT2D eigenvalue weighted by Crippen LogP contribution is -2.50. The molecular weight excluding hydrogens is 220 g/mol. The van der Waals surface area contributed by atoms with E-state index in [0.717, 1.165) is 19.5 Å². The summed E-state index contributed by atoms with van der Waals surface area (Å²) in [5.41, 5.74) is 3.26. The first-order chi connectivity index (χ1) is 8.20. The number of hydrazine groups is 1. The molecule has 2 heterocycles. The predicted molar refractivity (Wildman–Crippen MR) is 62.8 cm³/mol. The van der Waals surface area contributed by atoms with E-state index in [0.29, 0.717) is 11.9 Å². The van der Waals surface area contributed by atoms with Crippen molar-refractivity contribution in [1.82, 2.24) is 10.4 Å². The lowest BCUT2D eigenvalue weighted by Gasteiger charge is -2.30. The van der Waals surface area contributed by atoms with Crippen molar-refractivity contribution in [2.75, 3.05) is 13.1 Å². The summed E-state index contributed by atoms with van der Waals surface area (Å²) < 4.78 is 0. The normalized spacial score (nSPS) is 18.8. The number of hydrogen-bond donors (Lipinski definition) is 2. The Bertz CT molecular complexity index is 458. The summed E-state index contributed by atoms with van der Waals surface area (Å²) in [7, 11) is 0. The molecule has 0 aromatic rings. The minimum Gasteiger partial charge on any atom is -0.300 e. The number of carbonyl (C=O) groups is 2. The average molecular weight is 232 g/mol. The first-order valence-corrected chi connectivity index (χ1v) is 5.26. The minimum atomic E-state index is -0.471. The standard InChI is InChI=1S/C11H12N4O2/c12-10(9-5-13-6-9)4-8(7-16)11(17)14-15-2-1-3-15/h4-7,12H,1-3H2,(H,14,17)/b8-4+,12-10?. The molecule has 2 aliphatic heterocycles. The van der Waals surface area contributed by atoms with Crippen molar-refractivity contribution < 1.29 is 9.59 Å². The smallest absolute Gasteiger partial charge is 0.268 e. The number of allylic oxidation sites excluding steroid dienone is 2. The molecule has 0 unspecified atom stereocenters. The zero-order chi connectivity index (χ0) is 12.3. The summed E-state index contributed by atoms with van der Waals surface area (Å²) in [4.78, 5) is 26.2. The fourth-order valence-electron chi connectivity index (χ4n) is 1.32. The van der Waals surface area contributed by atoms with Gasteiger partial charge in [-0.05, 0) is 12.5 Å². The largest absolute Gasteiger partial charge is 0.300 e. The number of aliphatic imine (C=N–C) groups is 1. The second kappa shape index (κ2) is 4.84. The fourth-order valence-corrected chi connectivity index (χ4v) is 1.32. The van der Waals surface area contributed by atoms with Crippen LogP contribution >= 0.6 is 0 Å². The number of nitrogens with zero attached hydrogens (tertiary/aromatic N) is 2. The van der Waals surface area contributed by atoms with Crippen LogP contribution in [-0.2, 0) is 9.59 Å². The van der Waals surface area contributed by atoms with Gasteiger partial charge in [-0.3, -0.25) is 20.0 Å². The van der Waals surface area contributed by atoms with Gasteiger partial charge in [0.25, 0.3) is 5.91 Å². The number of amides is 1. The molecule has 1 fully saturated rings. The summed E-state index contributed by atoms with van der Waals surface area (Å²) in [6.07, 6.45) is 5.77. The van der Waals surface area contributed by atoms with E-state index < -0.39 is 5.91 Å². The highest BCUT2D eigenvalue weighted by atomic mass is 16.2. The summed E-state index contributed by atoms with van der Waals surface area (Å²) in [6, 6.07) is 0. The highest BCUT2D eigenvalue weighted by Gasteiger charge is 2.19. The zero-order valence-corrected chi connectivity index (χ0v) is 9.14. The van der Waals surface area contributed by atoms with Crippen molar-refractivity contribution in [1.29, 1.82) is 5.41 Å². The van der Waals surface area contributed by atoms with E-state index in [1.165, 1.54) is 18.5 Å². The molecule has 0 atom stereocenters. The fraction of sp³-hybridized carbons (Fsp3) is 0.273. The monoisotopic (exact) mass is 232 g/mol. The van der Waals surface area contributed by atoms with E-state index in [9.17, 15) is 9.59 Å². The number of aldehydes is 1. The summed E-state index contributed by atoms with van der Waals surface area (Å²) >= 11 is 0. The van der Waals surface area contributed by atoms with Crippen molar-refractivity contribution in [3.8, 4) is 0 Å². The molecular formula is C11H12N4O2. The van der Waals surface area contributed by atoms with Crippen molar-refractivity contribution in [2.24, 2.45) is 4.99 Å². The van der Waals surface area contributed by atoms with Crippen LogP contribution in [0.5, 0.6) is 0 Å². The molecule has 2 rings (SSSR count). The summed E-state index contributed by atoms with van der Waals surface area (Å²) in [5, 5.41) is 9.36. The molecule has 0 aromatic carbocycles. The molecule has 0 bridgehead atoms. The second-order valence-corrected chi connectivity index (χ2v) is 3.78. The second-order valence-electron chi connectivity index (χ2n) is 3.78. The van der Waals surface area contributed by atoms with Crippen molar-refractivity contribution in [3.63, 3.8) is 0 Å². The number of carbonyl (C=O) groups excluding carboxylic acids is 2. The van der Waals surface area contributed by atoms with E-state index >= 15 is 0 Å². The molecule has 2 aliphatic rings. The van der Waals surface area contributed by atoms with Gasteiger partial charge in [0.1, 0.15) is 0 Å². The van der Waals surface area contributed by atoms with E-state index in [-0.39, 0.29) is 11.3 Å². The van der Waals surface area contributed by atoms with E-state index in [4.69, 9.17) is 5.41 Å². The summed E-state index contributed by atoms with van der Waals surface area (Å²) in [6.45, 7) is 1.60. The van der Waals surface area contributed by atoms with Crippen LogP contribution in [0.2, 0.25) is 0 Å². The molecule has 1 amide bonds. The van der Waals surface area contributed by atoms with Crippen LogP contribution in [0.4, 0.5) is 0 Å². The van der Waals surface area contributed by atoms with Crippen LogP contribution in [0, 0.1) is 5.41 Å². The average Bonchev–Trinajstić information content (AvgIpc) is 2.17. The molecule has 6 nitrogen and oxygen atoms in total. The van der Waals surface area contributed by atoms with Gasteiger partial charge in [0.2, 0.25) is 0 Å². The van der Waals surface area contributed by atoms with Crippen LogP contribution in [0.3, 0.4) is 0 Å². The van der Waals surface area contributed by atoms with Crippen LogP contribution in [-0.4, -0.2) is 42.2 Å². The first-order valence-electron chi connectivity index (χ1n) is 5.26. The van der Waals surface area contributed by atoms with E-state index in [2.05, 4.69) is 10.4 Å². The minimum absolute atomic E-state index is 0.0527. The molecule has 6 heteroatoms. The molecule has 17 heavy (non-hydrogen) atoms. The molecule has 0 saturated carbocycles. The van der Waals surface area contributed by atoms with Crippen molar-refractivity contribution in [2.45, 2.75) is 6.42 Å². The van der Waals surface area contributed by atoms with Gasteiger partial charge in [-0.1, -0.05) is 0 Å². The van der Waals surface area contributed by atoms with Gasteiger partial charge >= 0.3 is 0 Å². The van der Waals surface area contributed by atoms with Gasteiger partial charge < -0.3 is 5.41 Å².